The molecule has 110 valence electrons. The zero-order valence-corrected chi connectivity index (χ0v) is 11.5. The second-order valence-electron chi connectivity index (χ2n) is 4.51. The molecule has 0 atom stereocenters. The van der Waals surface area contributed by atoms with Gasteiger partial charge in [-0.3, -0.25) is 10.1 Å². The van der Waals surface area contributed by atoms with Crippen molar-refractivity contribution in [3.05, 3.63) is 64.0 Å². The molecule has 0 unspecified atom stereocenters. The summed E-state index contributed by atoms with van der Waals surface area (Å²) in [6, 6.07) is 10.7. The molecule has 21 heavy (non-hydrogen) atoms. The molecule has 2 aromatic carbocycles. The third-order valence-corrected chi connectivity index (χ3v) is 2.86. The van der Waals surface area contributed by atoms with E-state index in [9.17, 15) is 14.5 Å². The van der Waals surface area contributed by atoms with Crippen LogP contribution in [-0.2, 0) is 0 Å². The summed E-state index contributed by atoms with van der Waals surface area (Å²) in [7, 11) is 0. The van der Waals surface area contributed by atoms with E-state index >= 15 is 0 Å². The van der Waals surface area contributed by atoms with Crippen LogP contribution in [0.5, 0.6) is 5.75 Å². The maximum absolute atomic E-state index is 13.5. The molecule has 0 aromatic heterocycles. The number of benzene rings is 2. The lowest BCUT2D eigenvalue weighted by Crippen LogP contribution is -2.12. The van der Waals surface area contributed by atoms with Crippen molar-refractivity contribution >= 4 is 11.4 Å². The van der Waals surface area contributed by atoms with Gasteiger partial charge < -0.3 is 10.1 Å². The highest BCUT2D eigenvalue weighted by molar-refractivity contribution is 5.47. The zero-order chi connectivity index (χ0) is 15.2. The van der Waals surface area contributed by atoms with E-state index < -0.39 is 4.92 Å². The van der Waals surface area contributed by atoms with Crippen molar-refractivity contribution in [2.45, 2.75) is 6.92 Å². The van der Waals surface area contributed by atoms with E-state index in [1.54, 1.807) is 12.1 Å². The van der Waals surface area contributed by atoms with Crippen molar-refractivity contribution in [1.82, 2.24) is 0 Å². The molecule has 6 heteroatoms. The van der Waals surface area contributed by atoms with Gasteiger partial charge in [0.25, 0.3) is 5.69 Å². The van der Waals surface area contributed by atoms with E-state index in [0.29, 0.717) is 24.6 Å². The Labute approximate surface area is 121 Å². The van der Waals surface area contributed by atoms with Crippen LogP contribution in [0.2, 0.25) is 0 Å². The molecule has 2 rings (SSSR count). The average Bonchev–Trinajstić information content (AvgIpc) is 2.47. The van der Waals surface area contributed by atoms with Gasteiger partial charge in [-0.2, -0.15) is 0 Å². The monoisotopic (exact) mass is 290 g/mol. The molecule has 0 amide bonds. The van der Waals surface area contributed by atoms with Gasteiger partial charge in [0.2, 0.25) is 0 Å². The largest absolute Gasteiger partial charge is 0.492 e. The number of nitrogens with zero attached hydrogens (tertiary/aromatic N) is 1. The summed E-state index contributed by atoms with van der Waals surface area (Å²) in [5.41, 5.74) is 1.42. The molecule has 0 saturated carbocycles. The minimum absolute atomic E-state index is 0.0160. The summed E-state index contributed by atoms with van der Waals surface area (Å²) < 4.78 is 18.9. The van der Waals surface area contributed by atoms with Crippen molar-refractivity contribution in [3.63, 3.8) is 0 Å². The Balaban J connectivity index is 1.81. The second kappa shape index (κ2) is 6.69. The molecule has 2 aromatic rings. The first-order valence-electron chi connectivity index (χ1n) is 6.43. The summed E-state index contributed by atoms with van der Waals surface area (Å²) in [4.78, 5) is 10.0. The summed E-state index contributed by atoms with van der Waals surface area (Å²) in [5.74, 6) is 0.225. The lowest BCUT2D eigenvalue weighted by molar-refractivity contribution is -0.384. The third-order valence-electron chi connectivity index (χ3n) is 2.86. The smallest absolute Gasteiger partial charge is 0.269 e. The summed E-state index contributed by atoms with van der Waals surface area (Å²) in [6.07, 6.45) is 0. The Morgan fingerprint density at radius 3 is 2.62 bits per heavy atom. The molecular weight excluding hydrogens is 275 g/mol. The number of anilines is 1. The fourth-order valence-electron chi connectivity index (χ4n) is 1.79. The maximum Gasteiger partial charge on any atom is 0.269 e. The topological polar surface area (TPSA) is 64.4 Å². The standard InChI is InChI=1S/C15H15FN2O3/c1-11-2-7-14(16)15(10-11)17-8-9-21-13-5-3-12(4-6-13)18(19)20/h2-7,10,17H,8-9H2,1H3. The minimum Gasteiger partial charge on any atom is -0.492 e. The molecule has 0 saturated heterocycles. The second-order valence-corrected chi connectivity index (χ2v) is 4.51. The molecule has 5 nitrogen and oxygen atoms in total. The number of ether oxygens (including phenoxy) is 1. The Kier molecular flexibility index (Phi) is 4.71. The predicted molar refractivity (Wildman–Crippen MR) is 78.2 cm³/mol. The fraction of sp³-hybridized carbons (Fsp3) is 0.200. The SMILES string of the molecule is Cc1ccc(F)c(NCCOc2ccc([N+](=O)[O-])cc2)c1. The molecule has 0 aliphatic rings. The molecule has 0 spiro atoms. The molecule has 0 aliphatic carbocycles. The number of aryl methyl sites for hydroxylation is 1. The first-order chi connectivity index (χ1) is 10.1. The lowest BCUT2D eigenvalue weighted by atomic mass is 10.2. The molecule has 1 N–H and O–H groups in total. The Morgan fingerprint density at radius 1 is 1.24 bits per heavy atom. The molecule has 0 radical (unpaired) electrons. The van der Waals surface area contributed by atoms with Gasteiger partial charge >= 0.3 is 0 Å². The van der Waals surface area contributed by atoms with E-state index in [1.807, 2.05) is 6.92 Å². The minimum atomic E-state index is -0.466. The predicted octanol–water partition coefficient (Wildman–Crippen LogP) is 3.53. The van der Waals surface area contributed by atoms with Gasteiger partial charge in [0.15, 0.2) is 0 Å². The van der Waals surface area contributed by atoms with Gasteiger partial charge in [-0.05, 0) is 36.8 Å². The van der Waals surface area contributed by atoms with Crippen LogP contribution in [0.1, 0.15) is 5.56 Å². The lowest BCUT2D eigenvalue weighted by Gasteiger charge is -2.10. The number of rotatable bonds is 6. The van der Waals surface area contributed by atoms with Gasteiger partial charge in [-0.1, -0.05) is 6.07 Å². The molecule has 0 bridgehead atoms. The normalized spacial score (nSPS) is 10.2. The van der Waals surface area contributed by atoms with Crippen molar-refractivity contribution in [2.75, 3.05) is 18.5 Å². The number of hydrogen-bond donors (Lipinski definition) is 1. The number of non-ortho nitro benzene ring substituents is 1. The van der Waals surface area contributed by atoms with Crippen LogP contribution in [0.25, 0.3) is 0 Å². The van der Waals surface area contributed by atoms with Crippen molar-refractivity contribution in [3.8, 4) is 5.75 Å². The number of halogens is 1. The number of hydrogen-bond acceptors (Lipinski definition) is 4. The van der Waals surface area contributed by atoms with Crippen LogP contribution in [0.4, 0.5) is 15.8 Å². The van der Waals surface area contributed by atoms with Crippen LogP contribution in [0.3, 0.4) is 0 Å². The van der Waals surface area contributed by atoms with Crippen molar-refractivity contribution in [1.29, 1.82) is 0 Å². The van der Waals surface area contributed by atoms with Crippen LogP contribution in [0, 0.1) is 22.9 Å². The van der Waals surface area contributed by atoms with E-state index in [2.05, 4.69) is 5.32 Å². The fourth-order valence-corrected chi connectivity index (χ4v) is 1.79. The molecule has 0 fully saturated rings. The van der Waals surface area contributed by atoms with Gasteiger partial charge in [-0.15, -0.1) is 0 Å². The van der Waals surface area contributed by atoms with Crippen LogP contribution in [-0.4, -0.2) is 18.1 Å². The molecule has 0 aliphatic heterocycles. The summed E-state index contributed by atoms with van der Waals surface area (Å²) in [5, 5.41) is 13.5. The highest BCUT2D eigenvalue weighted by Crippen LogP contribution is 2.18. The van der Waals surface area contributed by atoms with Gasteiger partial charge in [-0.25, -0.2) is 4.39 Å². The Bertz CT molecular complexity index is 629. The Morgan fingerprint density at radius 2 is 1.95 bits per heavy atom. The molecular formula is C15H15FN2O3. The van der Waals surface area contributed by atoms with E-state index in [4.69, 9.17) is 4.74 Å². The van der Waals surface area contributed by atoms with Crippen molar-refractivity contribution < 1.29 is 14.1 Å². The first-order valence-corrected chi connectivity index (χ1v) is 6.43. The van der Waals surface area contributed by atoms with Gasteiger partial charge in [0, 0.05) is 18.7 Å². The highest BCUT2D eigenvalue weighted by atomic mass is 19.1. The van der Waals surface area contributed by atoms with Gasteiger partial charge in [0.05, 0.1) is 10.6 Å². The van der Waals surface area contributed by atoms with Crippen LogP contribution < -0.4 is 10.1 Å². The van der Waals surface area contributed by atoms with E-state index in [1.165, 1.54) is 30.3 Å². The quantitative estimate of drug-likeness (QED) is 0.502. The molecule has 0 heterocycles. The van der Waals surface area contributed by atoms with Crippen LogP contribution >= 0.6 is 0 Å². The zero-order valence-electron chi connectivity index (χ0n) is 11.5. The number of nitro groups is 1. The Hall–Kier alpha value is -2.63. The number of nitrogens with one attached hydrogen (secondary N) is 1. The van der Waals surface area contributed by atoms with Gasteiger partial charge in [0.1, 0.15) is 18.2 Å². The van der Waals surface area contributed by atoms with E-state index in [0.717, 1.165) is 5.56 Å². The summed E-state index contributed by atoms with van der Waals surface area (Å²) in [6.45, 7) is 2.64. The van der Waals surface area contributed by atoms with E-state index in [-0.39, 0.29) is 11.5 Å². The maximum atomic E-state index is 13.5. The van der Waals surface area contributed by atoms with Crippen molar-refractivity contribution in [2.24, 2.45) is 0 Å². The average molecular weight is 290 g/mol. The highest BCUT2D eigenvalue weighted by Gasteiger charge is 2.04. The first kappa shape index (κ1) is 14.8. The third kappa shape index (κ3) is 4.17. The number of nitro benzene ring substituents is 1. The van der Waals surface area contributed by atoms with Crippen LogP contribution in [0.15, 0.2) is 42.5 Å². The summed E-state index contributed by atoms with van der Waals surface area (Å²) >= 11 is 0.